The molecule has 0 aliphatic heterocycles. The van der Waals surface area contributed by atoms with E-state index in [4.69, 9.17) is 4.74 Å². The van der Waals surface area contributed by atoms with Crippen molar-refractivity contribution in [3.05, 3.63) is 71.5 Å². The lowest BCUT2D eigenvalue weighted by Crippen LogP contribution is -2.08. The fourth-order valence-electron chi connectivity index (χ4n) is 1.60. The van der Waals surface area contributed by atoms with Crippen LogP contribution in [0, 0.1) is 5.82 Å². The largest absolute Gasteiger partial charge is 0.461 e. The lowest BCUT2D eigenvalue weighted by atomic mass is 10.1. The van der Waals surface area contributed by atoms with Crippen molar-refractivity contribution in [3.63, 3.8) is 0 Å². The summed E-state index contributed by atoms with van der Waals surface area (Å²) >= 11 is 0. The van der Waals surface area contributed by atoms with Gasteiger partial charge in [0.05, 0.1) is 6.42 Å². The van der Waals surface area contributed by atoms with E-state index < -0.39 is 0 Å². The molecule has 0 N–H and O–H groups in total. The molecule has 0 unspecified atom stereocenters. The number of carbonyl (C=O) groups excluding carboxylic acids is 1. The molecular formula is C15H13FO2. The van der Waals surface area contributed by atoms with Gasteiger partial charge >= 0.3 is 5.97 Å². The van der Waals surface area contributed by atoms with Gasteiger partial charge in [-0.3, -0.25) is 4.79 Å². The highest BCUT2D eigenvalue weighted by Gasteiger charge is 2.05. The van der Waals surface area contributed by atoms with Crippen molar-refractivity contribution >= 4 is 5.97 Å². The number of esters is 1. The second-order valence-electron chi connectivity index (χ2n) is 3.95. The molecule has 2 aromatic carbocycles. The Hall–Kier alpha value is -2.16. The van der Waals surface area contributed by atoms with Crippen LogP contribution in [0.4, 0.5) is 4.39 Å². The maximum atomic E-state index is 12.9. The summed E-state index contributed by atoms with van der Waals surface area (Å²) in [5.74, 6) is -0.701. The molecule has 0 amide bonds. The number of ether oxygens (including phenoxy) is 1. The summed E-state index contributed by atoms with van der Waals surface area (Å²) in [5, 5.41) is 0. The molecule has 0 aliphatic rings. The predicted octanol–water partition coefficient (Wildman–Crippen LogP) is 3.11. The minimum Gasteiger partial charge on any atom is -0.461 e. The molecule has 2 rings (SSSR count). The van der Waals surface area contributed by atoms with E-state index in [0.29, 0.717) is 5.56 Å². The Bertz CT molecular complexity index is 523. The van der Waals surface area contributed by atoms with Crippen LogP contribution in [-0.2, 0) is 22.6 Å². The Balaban J connectivity index is 1.86. The van der Waals surface area contributed by atoms with Crippen molar-refractivity contribution in [1.29, 1.82) is 0 Å². The quantitative estimate of drug-likeness (QED) is 0.772. The summed E-state index contributed by atoms with van der Waals surface area (Å²) in [5.41, 5.74) is 1.55. The average Bonchev–Trinajstić information content (AvgIpc) is 2.38. The van der Waals surface area contributed by atoms with Gasteiger partial charge in [-0.25, -0.2) is 4.39 Å². The number of hydrogen-bond acceptors (Lipinski definition) is 2. The van der Waals surface area contributed by atoms with Crippen molar-refractivity contribution in [3.8, 4) is 0 Å². The maximum Gasteiger partial charge on any atom is 0.310 e. The zero-order valence-corrected chi connectivity index (χ0v) is 9.80. The fraction of sp³-hybridized carbons (Fsp3) is 0.133. The van der Waals surface area contributed by atoms with Crippen LogP contribution in [0.15, 0.2) is 54.6 Å². The summed E-state index contributed by atoms with van der Waals surface area (Å²) in [6.07, 6.45) is 0.0879. The summed E-state index contributed by atoms with van der Waals surface area (Å²) in [7, 11) is 0. The molecule has 0 aromatic heterocycles. The first-order chi connectivity index (χ1) is 8.74. The molecular weight excluding hydrogens is 231 g/mol. The Kier molecular flexibility index (Phi) is 4.07. The van der Waals surface area contributed by atoms with E-state index in [0.717, 1.165) is 5.56 Å². The number of benzene rings is 2. The summed E-state index contributed by atoms with van der Waals surface area (Å²) < 4.78 is 18.0. The molecule has 0 bridgehead atoms. The van der Waals surface area contributed by atoms with Gasteiger partial charge in [-0.15, -0.1) is 0 Å². The smallest absolute Gasteiger partial charge is 0.310 e. The molecule has 18 heavy (non-hydrogen) atoms. The number of hydrogen-bond donors (Lipinski definition) is 0. The van der Waals surface area contributed by atoms with E-state index in [1.165, 1.54) is 12.1 Å². The van der Waals surface area contributed by atoms with Gasteiger partial charge < -0.3 is 4.74 Å². The fourth-order valence-corrected chi connectivity index (χ4v) is 1.60. The third-order valence-electron chi connectivity index (χ3n) is 2.48. The van der Waals surface area contributed by atoms with E-state index in [1.807, 2.05) is 30.3 Å². The molecule has 0 aliphatic carbocycles. The monoisotopic (exact) mass is 244 g/mol. The zero-order chi connectivity index (χ0) is 12.8. The molecule has 92 valence electrons. The van der Waals surface area contributed by atoms with Crippen LogP contribution in [0.3, 0.4) is 0 Å². The van der Waals surface area contributed by atoms with Gasteiger partial charge in [0, 0.05) is 0 Å². The maximum absolute atomic E-state index is 12.9. The van der Waals surface area contributed by atoms with E-state index in [9.17, 15) is 9.18 Å². The molecule has 0 saturated carbocycles. The van der Waals surface area contributed by atoms with Crippen LogP contribution in [0.2, 0.25) is 0 Å². The van der Waals surface area contributed by atoms with Gasteiger partial charge in [0.25, 0.3) is 0 Å². The Labute approximate surface area is 105 Å². The predicted molar refractivity (Wildman–Crippen MR) is 66.3 cm³/mol. The van der Waals surface area contributed by atoms with E-state index in [2.05, 4.69) is 0 Å². The van der Waals surface area contributed by atoms with Gasteiger partial charge in [-0.05, 0) is 23.3 Å². The van der Waals surface area contributed by atoms with Crippen LogP contribution < -0.4 is 0 Å². The van der Waals surface area contributed by atoms with Crippen LogP contribution >= 0.6 is 0 Å². The third kappa shape index (κ3) is 3.70. The first-order valence-electron chi connectivity index (χ1n) is 5.68. The highest BCUT2D eigenvalue weighted by molar-refractivity contribution is 5.72. The van der Waals surface area contributed by atoms with Crippen LogP contribution in [0.5, 0.6) is 0 Å². The zero-order valence-electron chi connectivity index (χ0n) is 9.80. The first kappa shape index (κ1) is 12.3. The normalized spacial score (nSPS) is 10.1. The van der Waals surface area contributed by atoms with Crippen LogP contribution in [0.1, 0.15) is 11.1 Å². The van der Waals surface area contributed by atoms with Crippen molar-refractivity contribution < 1.29 is 13.9 Å². The van der Waals surface area contributed by atoms with Gasteiger partial charge in [0.15, 0.2) is 0 Å². The lowest BCUT2D eigenvalue weighted by molar-refractivity contribution is -0.144. The van der Waals surface area contributed by atoms with Crippen molar-refractivity contribution in [2.45, 2.75) is 13.0 Å². The van der Waals surface area contributed by atoms with Crippen molar-refractivity contribution in [1.82, 2.24) is 0 Å². The van der Waals surface area contributed by atoms with Crippen molar-refractivity contribution in [2.24, 2.45) is 0 Å². The molecule has 0 fully saturated rings. The van der Waals surface area contributed by atoms with Crippen LogP contribution in [0.25, 0.3) is 0 Å². The molecule has 3 heteroatoms. The SMILES string of the molecule is O=C(Cc1cccc(F)c1)OCc1ccccc1. The average molecular weight is 244 g/mol. The Morgan fingerprint density at radius 3 is 2.44 bits per heavy atom. The summed E-state index contributed by atoms with van der Waals surface area (Å²) in [4.78, 5) is 11.6. The lowest BCUT2D eigenvalue weighted by Gasteiger charge is -2.05. The highest BCUT2D eigenvalue weighted by Crippen LogP contribution is 2.06. The Morgan fingerprint density at radius 2 is 1.72 bits per heavy atom. The van der Waals surface area contributed by atoms with E-state index in [1.54, 1.807) is 12.1 Å². The summed E-state index contributed by atoms with van der Waals surface area (Å²) in [6.45, 7) is 0.245. The van der Waals surface area contributed by atoms with Gasteiger partial charge in [-0.1, -0.05) is 42.5 Å². The van der Waals surface area contributed by atoms with E-state index >= 15 is 0 Å². The number of carbonyl (C=O) groups is 1. The van der Waals surface area contributed by atoms with Crippen LogP contribution in [-0.4, -0.2) is 5.97 Å². The molecule has 0 atom stereocenters. The molecule has 0 spiro atoms. The second-order valence-corrected chi connectivity index (χ2v) is 3.95. The standard InChI is InChI=1S/C15H13FO2/c16-14-8-4-7-13(9-14)10-15(17)18-11-12-5-2-1-3-6-12/h1-9H,10-11H2. The van der Waals surface area contributed by atoms with Gasteiger partial charge in [-0.2, -0.15) is 0 Å². The van der Waals surface area contributed by atoms with Gasteiger partial charge in [0.1, 0.15) is 12.4 Å². The Morgan fingerprint density at radius 1 is 1.00 bits per heavy atom. The number of rotatable bonds is 4. The second kappa shape index (κ2) is 5.96. The minimum absolute atomic E-state index is 0.0879. The van der Waals surface area contributed by atoms with Gasteiger partial charge in [0.2, 0.25) is 0 Å². The first-order valence-corrected chi connectivity index (χ1v) is 5.68. The minimum atomic E-state index is -0.357. The molecule has 2 nitrogen and oxygen atoms in total. The molecule has 2 aromatic rings. The summed E-state index contributed by atoms with van der Waals surface area (Å²) in [6, 6.07) is 15.4. The van der Waals surface area contributed by atoms with E-state index in [-0.39, 0.29) is 24.8 Å². The third-order valence-corrected chi connectivity index (χ3v) is 2.48. The molecule has 0 saturated heterocycles. The topological polar surface area (TPSA) is 26.3 Å². The number of halogens is 1. The molecule has 0 radical (unpaired) electrons. The molecule has 0 heterocycles. The van der Waals surface area contributed by atoms with Crippen molar-refractivity contribution in [2.75, 3.05) is 0 Å². The highest BCUT2D eigenvalue weighted by atomic mass is 19.1.